The molecule has 0 radical (unpaired) electrons. The summed E-state index contributed by atoms with van der Waals surface area (Å²) in [6.45, 7) is 0.442. The van der Waals surface area contributed by atoms with Crippen molar-refractivity contribution < 1.29 is 0 Å². The van der Waals surface area contributed by atoms with Gasteiger partial charge in [-0.3, -0.25) is 5.10 Å². The lowest BCUT2D eigenvalue weighted by molar-refractivity contribution is 0.820. The van der Waals surface area contributed by atoms with E-state index in [-0.39, 0.29) is 0 Å². The third-order valence-corrected chi connectivity index (χ3v) is 4.57. The number of H-pyrrole nitrogens is 1. The number of aromatic nitrogens is 7. The fourth-order valence-corrected chi connectivity index (χ4v) is 2.99. The molecule has 25 heavy (non-hydrogen) atoms. The monoisotopic (exact) mass is 416 g/mol. The number of anilines is 1. The average molecular weight is 417 g/mol. The first-order valence-corrected chi connectivity index (χ1v) is 9.42. The van der Waals surface area contributed by atoms with E-state index >= 15 is 0 Å². The Kier molecular flexibility index (Phi) is 4.36. The number of fused-ring (bicyclic) bond motifs is 1. The van der Waals surface area contributed by atoms with Crippen molar-refractivity contribution in [2.24, 2.45) is 0 Å². The highest BCUT2D eigenvalue weighted by Gasteiger charge is 2.12. The maximum absolute atomic E-state index is 4.51. The van der Waals surface area contributed by atoms with Gasteiger partial charge in [0.2, 0.25) is 5.95 Å². The molecular weight excluding hydrogens is 404 g/mol. The first-order chi connectivity index (χ1) is 12.2. The van der Waals surface area contributed by atoms with Crippen LogP contribution in [-0.4, -0.2) is 41.0 Å². The summed E-state index contributed by atoms with van der Waals surface area (Å²) in [5.74, 6) is 1.97. The molecule has 8 nitrogen and oxygen atoms in total. The van der Waals surface area contributed by atoms with Crippen LogP contribution in [0.2, 0.25) is 0 Å². The first kappa shape index (κ1) is 16.0. The topological polar surface area (TPSA) is 96.7 Å². The van der Waals surface area contributed by atoms with Gasteiger partial charge in [0.05, 0.1) is 17.2 Å². The van der Waals surface area contributed by atoms with Crippen LogP contribution in [0.3, 0.4) is 0 Å². The zero-order valence-electron chi connectivity index (χ0n) is 13.1. The van der Waals surface area contributed by atoms with E-state index in [2.05, 4.69) is 51.5 Å². The van der Waals surface area contributed by atoms with Crippen molar-refractivity contribution in [3.05, 3.63) is 46.8 Å². The number of halogens is 1. The quantitative estimate of drug-likeness (QED) is 0.482. The molecule has 10 heteroatoms. The van der Waals surface area contributed by atoms with Crippen LogP contribution in [0.15, 0.2) is 46.2 Å². The Labute approximate surface area is 155 Å². The first-order valence-electron chi connectivity index (χ1n) is 7.40. The van der Waals surface area contributed by atoms with Gasteiger partial charge in [-0.05, 0) is 22.2 Å². The van der Waals surface area contributed by atoms with Crippen molar-refractivity contribution >= 4 is 39.3 Å². The fraction of sp³-hybridized carbons (Fsp3) is 0.133. The summed E-state index contributed by atoms with van der Waals surface area (Å²) >= 11 is 4.92. The molecule has 0 spiro atoms. The molecule has 0 aliphatic heterocycles. The van der Waals surface area contributed by atoms with Crippen molar-refractivity contribution in [1.29, 1.82) is 0 Å². The van der Waals surface area contributed by atoms with Crippen LogP contribution in [0.5, 0.6) is 0 Å². The van der Waals surface area contributed by atoms with Crippen LogP contribution in [-0.2, 0) is 6.54 Å². The van der Waals surface area contributed by atoms with Crippen LogP contribution < -0.4 is 5.32 Å². The summed E-state index contributed by atoms with van der Waals surface area (Å²) in [5.41, 5.74) is 1.68. The lowest BCUT2D eigenvalue weighted by Crippen LogP contribution is -2.10. The van der Waals surface area contributed by atoms with Crippen LogP contribution in [0.25, 0.3) is 17.0 Å². The Morgan fingerprint density at radius 2 is 2.04 bits per heavy atom. The van der Waals surface area contributed by atoms with Gasteiger partial charge in [0, 0.05) is 5.56 Å². The van der Waals surface area contributed by atoms with Gasteiger partial charge in [0.15, 0.2) is 16.6 Å². The third kappa shape index (κ3) is 3.22. The molecule has 0 atom stereocenters. The van der Waals surface area contributed by atoms with Crippen LogP contribution >= 0.6 is 27.7 Å². The van der Waals surface area contributed by atoms with Gasteiger partial charge >= 0.3 is 0 Å². The number of thioether (sulfide) groups is 1. The molecule has 126 valence electrons. The summed E-state index contributed by atoms with van der Waals surface area (Å²) in [7, 11) is 0. The lowest BCUT2D eigenvalue weighted by Gasteiger charge is -2.07. The standard InChI is InChI=1S/C15H13BrN8S/c1-25-15-20-13-10(16)7-18-24(13)14(21-15)17-8-11-19-12(23-22-11)9-5-3-2-4-6-9/h2-7H,8H2,1H3,(H,17,20,21)(H,19,22,23). The molecule has 0 saturated carbocycles. The minimum absolute atomic E-state index is 0.442. The Morgan fingerprint density at radius 1 is 1.20 bits per heavy atom. The molecule has 0 saturated heterocycles. The minimum Gasteiger partial charge on any atom is -0.347 e. The SMILES string of the molecule is CSc1nc(NCc2nc(-c3ccccc3)n[nH]2)n2ncc(Br)c2n1. The highest BCUT2D eigenvalue weighted by Crippen LogP contribution is 2.21. The van der Waals surface area contributed by atoms with Crippen molar-refractivity contribution in [2.75, 3.05) is 11.6 Å². The van der Waals surface area contributed by atoms with Gasteiger partial charge in [-0.25, -0.2) is 9.97 Å². The van der Waals surface area contributed by atoms with E-state index in [0.717, 1.165) is 10.0 Å². The molecule has 0 aliphatic rings. The molecule has 4 aromatic rings. The van der Waals surface area contributed by atoms with E-state index in [0.29, 0.717) is 34.9 Å². The van der Waals surface area contributed by atoms with Gasteiger partial charge in [-0.15, -0.1) is 0 Å². The highest BCUT2D eigenvalue weighted by atomic mass is 79.9. The third-order valence-electron chi connectivity index (χ3n) is 3.46. The maximum Gasteiger partial charge on any atom is 0.228 e. The highest BCUT2D eigenvalue weighted by molar-refractivity contribution is 9.10. The summed E-state index contributed by atoms with van der Waals surface area (Å²) in [6, 6.07) is 9.83. The van der Waals surface area contributed by atoms with E-state index < -0.39 is 0 Å². The van der Waals surface area contributed by atoms with Crippen molar-refractivity contribution in [3.8, 4) is 11.4 Å². The van der Waals surface area contributed by atoms with Gasteiger partial charge in [0.1, 0.15) is 5.82 Å². The molecule has 2 N–H and O–H groups in total. The Hall–Kier alpha value is -2.46. The van der Waals surface area contributed by atoms with Gasteiger partial charge in [-0.1, -0.05) is 42.1 Å². The maximum atomic E-state index is 4.51. The molecular formula is C15H13BrN8S. The minimum atomic E-state index is 0.442. The second-order valence-electron chi connectivity index (χ2n) is 5.09. The zero-order chi connectivity index (χ0) is 17.2. The summed E-state index contributed by atoms with van der Waals surface area (Å²) in [5, 5.41) is 15.4. The number of hydrogen-bond donors (Lipinski definition) is 2. The van der Waals surface area contributed by atoms with E-state index in [1.165, 1.54) is 11.8 Å². The van der Waals surface area contributed by atoms with E-state index in [4.69, 9.17) is 0 Å². The number of nitrogens with one attached hydrogen (secondary N) is 2. The summed E-state index contributed by atoms with van der Waals surface area (Å²) in [4.78, 5) is 13.4. The van der Waals surface area contributed by atoms with E-state index in [1.807, 2.05) is 36.6 Å². The zero-order valence-corrected chi connectivity index (χ0v) is 15.5. The van der Waals surface area contributed by atoms with Gasteiger partial charge in [0.25, 0.3) is 0 Å². The molecule has 3 heterocycles. The van der Waals surface area contributed by atoms with Crippen molar-refractivity contribution in [1.82, 2.24) is 34.8 Å². The fourth-order valence-electron chi connectivity index (χ4n) is 2.29. The molecule has 0 aliphatic carbocycles. The Balaban J connectivity index is 1.58. The predicted octanol–water partition coefficient (Wildman–Crippen LogP) is 3.01. The van der Waals surface area contributed by atoms with Crippen molar-refractivity contribution in [3.63, 3.8) is 0 Å². The number of hydrogen-bond acceptors (Lipinski definition) is 7. The molecule has 0 unspecified atom stereocenters. The predicted molar refractivity (Wildman–Crippen MR) is 99.4 cm³/mol. The molecule has 4 rings (SSSR count). The van der Waals surface area contributed by atoms with E-state index in [1.54, 1.807) is 10.7 Å². The normalized spacial score (nSPS) is 11.1. The number of rotatable bonds is 5. The molecule has 0 fully saturated rings. The van der Waals surface area contributed by atoms with Crippen LogP contribution in [0.1, 0.15) is 5.82 Å². The Bertz CT molecular complexity index is 1010. The average Bonchev–Trinajstić information content (AvgIpc) is 3.28. The van der Waals surface area contributed by atoms with Crippen LogP contribution in [0.4, 0.5) is 5.95 Å². The summed E-state index contributed by atoms with van der Waals surface area (Å²) in [6.07, 6.45) is 3.63. The molecule has 1 aromatic carbocycles. The molecule has 0 amide bonds. The second-order valence-corrected chi connectivity index (χ2v) is 6.71. The summed E-state index contributed by atoms with van der Waals surface area (Å²) < 4.78 is 2.47. The second kappa shape index (κ2) is 6.81. The lowest BCUT2D eigenvalue weighted by atomic mass is 10.2. The van der Waals surface area contributed by atoms with Gasteiger partial charge < -0.3 is 5.32 Å². The van der Waals surface area contributed by atoms with E-state index in [9.17, 15) is 0 Å². The number of nitrogens with zero attached hydrogens (tertiary/aromatic N) is 6. The molecule has 0 bridgehead atoms. The van der Waals surface area contributed by atoms with Crippen molar-refractivity contribution in [2.45, 2.75) is 11.7 Å². The number of benzene rings is 1. The Morgan fingerprint density at radius 3 is 2.84 bits per heavy atom. The smallest absolute Gasteiger partial charge is 0.228 e. The van der Waals surface area contributed by atoms with Crippen LogP contribution in [0, 0.1) is 0 Å². The number of aromatic amines is 1. The van der Waals surface area contributed by atoms with Gasteiger partial charge in [-0.2, -0.15) is 19.7 Å². The largest absolute Gasteiger partial charge is 0.347 e. The molecule has 3 aromatic heterocycles.